The maximum absolute atomic E-state index is 12.3. The molecule has 0 spiro atoms. The number of aromatic nitrogens is 1. The number of carboxylic acids is 1. The summed E-state index contributed by atoms with van der Waals surface area (Å²) in [5.41, 5.74) is 0.742. The Morgan fingerprint density at radius 1 is 1.21 bits per heavy atom. The Bertz CT molecular complexity index is 1090. The van der Waals surface area contributed by atoms with Crippen molar-refractivity contribution in [2.45, 2.75) is 33.6 Å². The van der Waals surface area contributed by atoms with E-state index < -0.39 is 17.3 Å². The van der Waals surface area contributed by atoms with E-state index in [-0.39, 0.29) is 18.0 Å². The fraction of sp³-hybridized carbons (Fsp3) is 0.318. The highest BCUT2D eigenvalue weighted by Gasteiger charge is 2.28. The van der Waals surface area contributed by atoms with Crippen LogP contribution in [-0.2, 0) is 4.79 Å². The zero-order valence-corrected chi connectivity index (χ0v) is 17.6. The second-order valence-electron chi connectivity index (χ2n) is 8.03. The molecule has 0 unspecified atom stereocenters. The number of carboxylic acid groups (broad SMARTS) is 1. The van der Waals surface area contributed by atoms with Crippen LogP contribution in [0, 0.1) is 5.41 Å². The highest BCUT2D eigenvalue weighted by molar-refractivity contribution is 7.22. The molecule has 2 aromatic heterocycles. The van der Waals surface area contributed by atoms with Crippen LogP contribution < -0.4 is 5.32 Å². The zero-order chi connectivity index (χ0) is 21.3. The molecule has 0 aliphatic carbocycles. The molecule has 0 fully saturated rings. The van der Waals surface area contributed by atoms with Crippen molar-refractivity contribution in [2.75, 3.05) is 6.54 Å². The van der Waals surface area contributed by atoms with Crippen LogP contribution in [0.1, 0.15) is 49.7 Å². The lowest BCUT2D eigenvalue weighted by molar-refractivity contribution is -0.146. The van der Waals surface area contributed by atoms with Gasteiger partial charge in [-0.25, -0.2) is 4.98 Å². The number of carbonyl (C=O) groups excluding carboxylic acids is 1. The monoisotopic (exact) mass is 412 g/mol. The summed E-state index contributed by atoms with van der Waals surface area (Å²) in [5, 5.41) is 23.1. The van der Waals surface area contributed by atoms with Crippen LogP contribution in [-0.4, -0.2) is 33.6 Å². The molecule has 0 atom stereocenters. The molecule has 0 saturated heterocycles. The van der Waals surface area contributed by atoms with Crippen molar-refractivity contribution in [3.05, 3.63) is 47.8 Å². The molecular weight excluding hydrogens is 388 g/mol. The molecule has 0 saturated carbocycles. The zero-order valence-electron chi connectivity index (χ0n) is 16.8. The number of hydrogen-bond acceptors (Lipinski definition) is 5. The minimum atomic E-state index is -1.11. The van der Waals surface area contributed by atoms with Gasteiger partial charge in [-0.15, -0.1) is 11.3 Å². The molecule has 0 aliphatic rings. The third-order valence-corrected chi connectivity index (χ3v) is 6.01. The van der Waals surface area contributed by atoms with E-state index in [9.17, 15) is 14.7 Å². The minimum Gasteiger partial charge on any atom is -0.505 e. The van der Waals surface area contributed by atoms with Gasteiger partial charge in [0.25, 0.3) is 5.91 Å². The largest absolute Gasteiger partial charge is 0.505 e. The van der Waals surface area contributed by atoms with Crippen molar-refractivity contribution in [1.29, 1.82) is 0 Å². The molecule has 3 rings (SSSR count). The molecule has 1 amide bonds. The molecule has 29 heavy (non-hydrogen) atoms. The van der Waals surface area contributed by atoms with E-state index >= 15 is 0 Å². The van der Waals surface area contributed by atoms with Crippen LogP contribution in [0.25, 0.3) is 20.5 Å². The Kier molecular flexibility index (Phi) is 5.61. The average Bonchev–Trinajstić information content (AvgIpc) is 3.09. The van der Waals surface area contributed by atoms with E-state index in [4.69, 9.17) is 5.11 Å². The van der Waals surface area contributed by atoms with Crippen LogP contribution in [0.4, 0.5) is 0 Å². The molecule has 0 aliphatic heterocycles. The van der Waals surface area contributed by atoms with E-state index in [0.717, 1.165) is 20.5 Å². The number of amides is 1. The maximum atomic E-state index is 12.3. The topological polar surface area (TPSA) is 99.5 Å². The third-order valence-electron chi connectivity index (χ3n) is 4.84. The first kappa shape index (κ1) is 20.8. The number of carbonyl (C=O) groups is 2. The average molecular weight is 413 g/mol. The fourth-order valence-corrected chi connectivity index (χ4v) is 3.81. The summed E-state index contributed by atoms with van der Waals surface area (Å²) in [4.78, 5) is 28.5. The number of hydrogen-bond donors (Lipinski definition) is 3. The standard InChI is InChI=1S/C22H24N2O4S/c1-12(2)13-5-6-17-14(7-13)9-18(29-17)15-8-16(25)19(23-10-15)20(26)24-11-22(3,4)21(27)28/h5-10,12,25H,11H2,1-4H3,(H,24,26)(H,27,28). The van der Waals surface area contributed by atoms with Crippen LogP contribution in [0.5, 0.6) is 5.75 Å². The van der Waals surface area contributed by atoms with Gasteiger partial charge in [0.15, 0.2) is 5.69 Å². The summed E-state index contributed by atoms with van der Waals surface area (Å²) in [6, 6.07) is 9.95. The predicted octanol–water partition coefficient (Wildman–Crippen LogP) is 4.63. The van der Waals surface area contributed by atoms with Gasteiger partial charge in [-0.2, -0.15) is 0 Å². The number of fused-ring (bicyclic) bond motifs is 1. The molecule has 6 nitrogen and oxygen atoms in total. The summed E-state index contributed by atoms with van der Waals surface area (Å²) < 4.78 is 1.14. The lowest BCUT2D eigenvalue weighted by atomic mass is 9.94. The van der Waals surface area contributed by atoms with Gasteiger partial charge in [-0.05, 0) is 48.9 Å². The molecule has 2 heterocycles. The quantitative estimate of drug-likeness (QED) is 0.548. The number of nitrogens with one attached hydrogen (secondary N) is 1. The molecule has 3 N–H and O–H groups in total. The number of thiophene rings is 1. The number of benzene rings is 1. The van der Waals surface area contributed by atoms with E-state index in [1.54, 1.807) is 17.5 Å². The second-order valence-corrected chi connectivity index (χ2v) is 9.11. The lowest BCUT2D eigenvalue weighted by Gasteiger charge is -2.19. The number of rotatable bonds is 6. The Morgan fingerprint density at radius 3 is 2.55 bits per heavy atom. The van der Waals surface area contributed by atoms with Gasteiger partial charge in [0.2, 0.25) is 0 Å². The molecule has 0 radical (unpaired) electrons. The minimum absolute atomic E-state index is 0.0709. The van der Waals surface area contributed by atoms with Crippen LogP contribution >= 0.6 is 11.3 Å². The van der Waals surface area contributed by atoms with Gasteiger partial charge in [0.1, 0.15) is 5.75 Å². The second kappa shape index (κ2) is 7.83. The normalized spacial score (nSPS) is 11.8. The summed E-state index contributed by atoms with van der Waals surface area (Å²) in [6.07, 6.45) is 1.55. The Hall–Kier alpha value is -2.93. The highest BCUT2D eigenvalue weighted by atomic mass is 32.1. The van der Waals surface area contributed by atoms with Crippen molar-refractivity contribution < 1.29 is 19.8 Å². The fourth-order valence-electron chi connectivity index (χ4n) is 2.79. The number of nitrogens with zero attached hydrogens (tertiary/aromatic N) is 1. The maximum Gasteiger partial charge on any atom is 0.310 e. The van der Waals surface area contributed by atoms with Gasteiger partial charge in [-0.1, -0.05) is 26.0 Å². The third kappa shape index (κ3) is 4.40. The van der Waals surface area contributed by atoms with Crippen LogP contribution in [0.3, 0.4) is 0 Å². The van der Waals surface area contributed by atoms with Crippen molar-refractivity contribution in [3.8, 4) is 16.2 Å². The highest BCUT2D eigenvalue weighted by Crippen LogP contribution is 2.36. The van der Waals surface area contributed by atoms with Crippen molar-refractivity contribution in [2.24, 2.45) is 5.41 Å². The van der Waals surface area contributed by atoms with E-state index in [2.05, 4.69) is 48.4 Å². The Morgan fingerprint density at radius 2 is 1.93 bits per heavy atom. The van der Waals surface area contributed by atoms with Crippen LogP contribution in [0.15, 0.2) is 36.5 Å². The summed E-state index contributed by atoms with van der Waals surface area (Å²) >= 11 is 1.59. The molecule has 152 valence electrons. The Labute approximate surface area is 173 Å². The van der Waals surface area contributed by atoms with Gasteiger partial charge < -0.3 is 15.5 Å². The van der Waals surface area contributed by atoms with E-state index in [1.165, 1.54) is 25.5 Å². The molecule has 3 aromatic rings. The van der Waals surface area contributed by atoms with E-state index in [0.29, 0.717) is 5.92 Å². The molecular formula is C22H24N2O4S. The smallest absolute Gasteiger partial charge is 0.310 e. The van der Waals surface area contributed by atoms with Gasteiger partial charge in [-0.3, -0.25) is 9.59 Å². The van der Waals surface area contributed by atoms with Gasteiger partial charge in [0.05, 0.1) is 5.41 Å². The first-order valence-electron chi connectivity index (χ1n) is 9.33. The Balaban J connectivity index is 1.83. The van der Waals surface area contributed by atoms with Gasteiger partial charge in [0, 0.05) is 27.9 Å². The predicted molar refractivity (Wildman–Crippen MR) is 115 cm³/mol. The van der Waals surface area contributed by atoms with E-state index in [1.807, 2.05) is 0 Å². The van der Waals surface area contributed by atoms with Crippen molar-refractivity contribution in [3.63, 3.8) is 0 Å². The summed E-state index contributed by atoms with van der Waals surface area (Å²) in [6.45, 7) is 7.25. The van der Waals surface area contributed by atoms with Crippen molar-refractivity contribution in [1.82, 2.24) is 10.3 Å². The first-order valence-corrected chi connectivity index (χ1v) is 10.1. The SMILES string of the molecule is CC(C)c1ccc2sc(-c3cnc(C(=O)NCC(C)(C)C(=O)O)c(O)c3)cc2c1. The molecule has 1 aromatic carbocycles. The molecule has 0 bridgehead atoms. The van der Waals surface area contributed by atoms with Crippen LogP contribution in [0.2, 0.25) is 0 Å². The van der Waals surface area contributed by atoms with Crippen molar-refractivity contribution >= 4 is 33.3 Å². The number of pyridine rings is 1. The summed E-state index contributed by atoms with van der Waals surface area (Å²) in [5.74, 6) is -1.43. The lowest BCUT2D eigenvalue weighted by Crippen LogP contribution is -2.39. The summed E-state index contributed by atoms with van der Waals surface area (Å²) in [7, 11) is 0. The van der Waals surface area contributed by atoms with Gasteiger partial charge >= 0.3 is 5.97 Å². The number of aromatic hydroxyl groups is 1. The molecule has 7 heteroatoms. The number of aliphatic carboxylic acids is 1. The first-order chi connectivity index (χ1) is 13.6.